The van der Waals surface area contributed by atoms with Crippen LogP contribution in [-0.2, 0) is 17.9 Å². The number of benzene rings is 1. The monoisotopic (exact) mass is 544 g/mol. The van der Waals surface area contributed by atoms with Crippen LogP contribution >= 0.6 is 24.0 Å². The predicted octanol–water partition coefficient (Wildman–Crippen LogP) is 4.56. The molecule has 0 aromatic heterocycles. The lowest BCUT2D eigenvalue weighted by atomic mass is 10.1. The summed E-state index contributed by atoms with van der Waals surface area (Å²) in [5.74, 6) is 0.771. The SMILES string of the molecule is CCNC(=NCc1ccc(COCC(F)(F)F)cc1)NCCCCN(CC)CC.I. The van der Waals surface area contributed by atoms with Crippen molar-refractivity contribution in [2.75, 3.05) is 39.3 Å². The van der Waals surface area contributed by atoms with Gasteiger partial charge < -0.3 is 20.3 Å². The molecule has 0 bridgehead atoms. The van der Waals surface area contributed by atoms with Crippen molar-refractivity contribution in [2.45, 2.75) is 52.9 Å². The van der Waals surface area contributed by atoms with Crippen molar-refractivity contribution in [2.24, 2.45) is 4.99 Å². The van der Waals surface area contributed by atoms with Gasteiger partial charge in [0.1, 0.15) is 6.61 Å². The van der Waals surface area contributed by atoms with Crippen LogP contribution in [0.1, 0.15) is 44.7 Å². The maximum absolute atomic E-state index is 12.1. The molecule has 0 heterocycles. The van der Waals surface area contributed by atoms with Crippen molar-refractivity contribution in [1.82, 2.24) is 15.5 Å². The lowest BCUT2D eigenvalue weighted by Gasteiger charge is -2.18. The molecule has 1 aromatic carbocycles. The van der Waals surface area contributed by atoms with E-state index in [1.807, 2.05) is 19.1 Å². The number of unbranched alkanes of at least 4 members (excludes halogenated alkanes) is 1. The fourth-order valence-electron chi connectivity index (χ4n) is 2.74. The maximum Gasteiger partial charge on any atom is 0.411 e. The van der Waals surface area contributed by atoms with E-state index in [9.17, 15) is 13.2 Å². The zero-order valence-electron chi connectivity index (χ0n) is 18.2. The second-order valence-electron chi connectivity index (χ2n) is 6.78. The zero-order chi connectivity index (χ0) is 21.5. The van der Waals surface area contributed by atoms with Gasteiger partial charge in [-0.3, -0.25) is 0 Å². The van der Waals surface area contributed by atoms with Crippen LogP contribution in [0.4, 0.5) is 13.2 Å². The van der Waals surface area contributed by atoms with Crippen molar-refractivity contribution in [3.63, 3.8) is 0 Å². The van der Waals surface area contributed by atoms with Crippen molar-refractivity contribution < 1.29 is 17.9 Å². The summed E-state index contributed by atoms with van der Waals surface area (Å²) < 4.78 is 41.0. The Morgan fingerprint density at radius 1 is 1.00 bits per heavy atom. The number of halogens is 4. The smallest absolute Gasteiger partial charge is 0.367 e. The van der Waals surface area contributed by atoms with E-state index in [1.54, 1.807) is 12.1 Å². The molecule has 0 spiro atoms. The molecule has 30 heavy (non-hydrogen) atoms. The maximum atomic E-state index is 12.1. The van der Waals surface area contributed by atoms with Gasteiger partial charge in [-0.05, 0) is 50.5 Å². The molecule has 0 atom stereocenters. The lowest BCUT2D eigenvalue weighted by Crippen LogP contribution is -2.38. The average molecular weight is 544 g/mol. The van der Waals surface area contributed by atoms with E-state index in [1.165, 1.54) is 0 Å². The van der Waals surface area contributed by atoms with Gasteiger partial charge in [0.05, 0.1) is 13.2 Å². The van der Waals surface area contributed by atoms with Gasteiger partial charge in [-0.2, -0.15) is 13.2 Å². The van der Waals surface area contributed by atoms with Gasteiger partial charge in [0.25, 0.3) is 0 Å². The molecule has 9 heteroatoms. The van der Waals surface area contributed by atoms with Gasteiger partial charge in [0, 0.05) is 13.1 Å². The first-order chi connectivity index (χ1) is 13.9. The molecule has 2 N–H and O–H groups in total. The number of aliphatic imine (C=N–C) groups is 1. The van der Waals surface area contributed by atoms with Crippen LogP contribution in [0.15, 0.2) is 29.3 Å². The van der Waals surface area contributed by atoms with E-state index < -0.39 is 12.8 Å². The summed E-state index contributed by atoms with van der Waals surface area (Å²) in [5, 5.41) is 6.58. The molecule has 5 nitrogen and oxygen atoms in total. The number of hydrogen-bond donors (Lipinski definition) is 2. The topological polar surface area (TPSA) is 48.9 Å². The van der Waals surface area contributed by atoms with Crippen molar-refractivity contribution >= 4 is 29.9 Å². The third-order valence-electron chi connectivity index (χ3n) is 4.41. The first kappa shape index (κ1) is 28.9. The highest BCUT2D eigenvalue weighted by atomic mass is 127. The Labute approximate surface area is 195 Å². The van der Waals surface area contributed by atoms with Crippen LogP contribution in [0.25, 0.3) is 0 Å². The summed E-state index contributed by atoms with van der Waals surface area (Å²) in [7, 11) is 0. The third-order valence-corrected chi connectivity index (χ3v) is 4.41. The molecular formula is C21H36F3IN4O. The van der Waals surface area contributed by atoms with E-state index in [-0.39, 0.29) is 30.6 Å². The number of alkyl halides is 3. The minimum absolute atomic E-state index is 0. The second kappa shape index (κ2) is 16.6. The van der Waals surface area contributed by atoms with Crippen LogP contribution < -0.4 is 10.6 Å². The minimum atomic E-state index is -4.30. The summed E-state index contributed by atoms with van der Waals surface area (Å²) in [4.78, 5) is 6.99. The Morgan fingerprint density at radius 3 is 2.20 bits per heavy atom. The molecule has 0 amide bonds. The molecule has 0 aliphatic carbocycles. The molecule has 1 aromatic rings. The van der Waals surface area contributed by atoms with Gasteiger partial charge in [0.2, 0.25) is 0 Å². The largest absolute Gasteiger partial charge is 0.411 e. The number of nitrogens with one attached hydrogen (secondary N) is 2. The van der Waals surface area contributed by atoms with E-state index in [4.69, 9.17) is 0 Å². The first-order valence-corrected chi connectivity index (χ1v) is 10.3. The number of ether oxygens (including phenoxy) is 1. The van der Waals surface area contributed by atoms with Crippen LogP contribution in [0.5, 0.6) is 0 Å². The Kier molecular flexibility index (Phi) is 16.0. The molecule has 1 rings (SSSR count). The molecule has 0 unspecified atom stereocenters. The molecule has 0 aliphatic heterocycles. The van der Waals surface area contributed by atoms with E-state index in [0.717, 1.165) is 57.1 Å². The fraction of sp³-hybridized carbons (Fsp3) is 0.667. The Bertz CT molecular complexity index is 579. The molecule has 0 fully saturated rings. The number of nitrogens with zero attached hydrogens (tertiary/aromatic N) is 2. The van der Waals surface area contributed by atoms with Gasteiger partial charge in [-0.1, -0.05) is 38.1 Å². The van der Waals surface area contributed by atoms with E-state index in [2.05, 4.69) is 39.1 Å². The minimum Gasteiger partial charge on any atom is -0.367 e. The standard InChI is InChI=1S/C21H35F3N4O.HI/c1-4-25-20(26-13-7-8-14-28(5-2)6-3)27-15-18-9-11-19(12-10-18)16-29-17-21(22,23)24;/h9-12H,4-8,13-17H2,1-3H3,(H2,25,26,27);1H. The van der Waals surface area contributed by atoms with Crippen LogP contribution in [0.3, 0.4) is 0 Å². The molecule has 0 saturated carbocycles. The van der Waals surface area contributed by atoms with Gasteiger partial charge in [0.15, 0.2) is 5.96 Å². The number of guanidine groups is 1. The highest BCUT2D eigenvalue weighted by molar-refractivity contribution is 14.0. The van der Waals surface area contributed by atoms with Gasteiger partial charge in [-0.25, -0.2) is 4.99 Å². The molecule has 174 valence electrons. The second-order valence-corrected chi connectivity index (χ2v) is 6.78. The third kappa shape index (κ3) is 14.0. The summed E-state index contributed by atoms with van der Waals surface area (Å²) in [6.07, 6.45) is -2.07. The number of hydrogen-bond acceptors (Lipinski definition) is 3. The van der Waals surface area contributed by atoms with Crippen molar-refractivity contribution in [3.05, 3.63) is 35.4 Å². The number of rotatable bonds is 13. The van der Waals surface area contributed by atoms with Crippen molar-refractivity contribution in [1.29, 1.82) is 0 Å². The van der Waals surface area contributed by atoms with E-state index >= 15 is 0 Å². The average Bonchev–Trinajstić information content (AvgIpc) is 2.69. The predicted molar refractivity (Wildman–Crippen MR) is 127 cm³/mol. The van der Waals surface area contributed by atoms with Crippen LogP contribution in [0.2, 0.25) is 0 Å². The Hall–Kier alpha value is -1.07. The summed E-state index contributed by atoms with van der Waals surface area (Å²) in [6.45, 7) is 10.5. The van der Waals surface area contributed by atoms with Gasteiger partial charge >= 0.3 is 6.18 Å². The highest BCUT2D eigenvalue weighted by Gasteiger charge is 2.27. The fourth-order valence-corrected chi connectivity index (χ4v) is 2.74. The normalized spacial score (nSPS) is 12.0. The highest BCUT2D eigenvalue weighted by Crippen LogP contribution is 2.16. The summed E-state index contributed by atoms with van der Waals surface area (Å²) in [5.41, 5.74) is 1.70. The zero-order valence-corrected chi connectivity index (χ0v) is 20.6. The Balaban J connectivity index is 0.00000841. The summed E-state index contributed by atoms with van der Waals surface area (Å²) >= 11 is 0. The van der Waals surface area contributed by atoms with Crippen LogP contribution in [-0.4, -0.2) is 56.4 Å². The van der Waals surface area contributed by atoms with E-state index in [0.29, 0.717) is 12.1 Å². The molecule has 0 saturated heterocycles. The van der Waals surface area contributed by atoms with Gasteiger partial charge in [-0.15, -0.1) is 24.0 Å². The van der Waals surface area contributed by atoms with Crippen LogP contribution in [0, 0.1) is 0 Å². The first-order valence-electron chi connectivity index (χ1n) is 10.3. The summed E-state index contributed by atoms with van der Waals surface area (Å²) in [6, 6.07) is 7.27. The molecular weight excluding hydrogens is 508 g/mol. The quantitative estimate of drug-likeness (QED) is 0.166. The van der Waals surface area contributed by atoms with Crippen molar-refractivity contribution in [3.8, 4) is 0 Å². The molecule has 0 radical (unpaired) electrons. The molecule has 0 aliphatic rings. The lowest BCUT2D eigenvalue weighted by molar-refractivity contribution is -0.176. The Morgan fingerprint density at radius 2 is 1.63 bits per heavy atom.